The molecule has 1 atom stereocenters. The van der Waals surface area contributed by atoms with Crippen molar-refractivity contribution in [2.45, 2.75) is 64.8 Å². The lowest BCUT2D eigenvalue weighted by atomic mass is 9.96. The molecule has 1 fully saturated rings. The molecule has 1 N–H and O–H groups in total. The number of hydrogen-bond acceptors (Lipinski definition) is 4. The maximum Gasteiger partial charge on any atom is 0.247 e. The monoisotopic (exact) mass is 359 g/mol. The van der Waals surface area contributed by atoms with Crippen molar-refractivity contribution >= 4 is 28.2 Å². The molecule has 1 aliphatic carbocycles. The van der Waals surface area contributed by atoms with Gasteiger partial charge in [-0.2, -0.15) is 5.26 Å². The number of carbonyl (C=O) groups is 2. The number of nitrogens with one attached hydrogen (secondary N) is 1. The van der Waals surface area contributed by atoms with Crippen molar-refractivity contribution in [3.8, 4) is 6.07 Å². The fourth-order valence-corrected chi connectivity index (χ4v) is 5.01. The van der Waals surface area contributed by atoms with Crippen LogP contribution in [-0.4, -0.2) is 29.3 Å². The average Bonchev–Trinajstić information content (AvgIpc) is 2.97. The van der Waals surface area contributed by atoms with Gasteiger partial charge in [0.05, 0.1) is 5.56 Å². The Labute approximate surface area is 153 Å². The second-order valence-electron chi connectivity index (χ2n) is 7.21. The Hall–Kier alpha value is -1.87. The highest BCUT2D eigenvalue weighted by atomic mass is 32.1. The second kappa shape index (κ2) is 7.57. The Morgan fingerprint density at radius 1 is 1.24 bits per heavy atom. The van der Waals surface area contributed by atoms with Gasteiger partial charge in [-0.3, -0.25) is 9.59 Å². The van der Waals surface area contributed by atoms with Gasteiger partial charge in [0.1, 0.15) is 17.1 Å². The minimum absolute atomic E-state index is 0.0332. The van der Waals surface area contributed by atoms with E-state index in [0.717, 1.165) is 44.1 Å². The predicted octanol–water partition coefficient (Wildman–Crippen LogP) is 3.47. The molecule has 1 aromatic rings. The minimum atomic E-state index is -0.422. The number of nitriles is 1. The van der Waals surface area contributed by atoms with E-state index in [2.05, 4.69) is 11.4 Å². The lowest BCUT2D eigenvalue weighted by Gasteiger charge is -2.35. The van der Waals surface area contributed by atoms with Gasteiger partial charge in [-0.1, -0.05) is 13.8 Å². The van der Waals surface area contributed by atoms with Crippen LogP contribution < -0.4 is 5.32 Å². The van der Waals surface area contributed by atoms with Crippen LogP contribution in [0.4, 0.5) is 5.00 Å². The van der Waals surface area contributed by atoms with Crippen molar-refractivity contribution in [2.75, 3.05) is 11.9 Å². The van der Waals surface area contributed by atoms with Crippen LogP contribution in [-0.2, 0) is 22.4 Å². The molecule has 2 amide bonds. The zero-order chi connectivity index (χ0) is 18.0. The lowest BCUT2D eigenvalue weighted by molar-refractivity contribution is -0.142. The number of thiophene rings is 1. The summed E-state index contributed by atoms with van der Waals surface area (Å²) in [6.45, 7) is 4.38. The number of nitrogens with zero attached hydrogens (tertiary/aromatic N) is 2. The van der Waals surface area contributed by atoms with E-state index in [0.29, 0.717) is 23.5 Å². The van der Waals surface area contributed by atoms with Gasteiger partial charge in [0.25, 0.3) is 0 Å². The van der Waals surface area contributed by atoms with Crippen molar-refractivity contribution in [1.82, 2.24) is 4.90 Å². The molecule has 2 aliphatic rings. The molecule has 1 aliphatic heterocycles. The van der Waals surface area contributed by atoms with Crippen LogP contribution in [0.1, 0.15) is 62.0 Å². The van der Waals surface area contributed by atoms with Crippen LogP contribution in [0.25, 0.3) is 0 Å². The molecule has 6 heteroatoms. The summed E-state index contributed by atoms with van der Waals surface area (Å²) in [4.78, 5) is 28.3. The number of carbonyl (C=O) groups excluding carboxylic acids is 2. The summed E-state index contributed by atoms with van der Waals surface area (Å²) in [6.07, 6.45) is 6.75. The molecular formula is C19H25N3O2S. The summed E-state index contributed by atoms with van der Waals surface area (Å²) < 4.78 is 0. The Morgan fingerprint density at radius 2 is 2.00 bits per heavy atom. The molecular weight excluding hydrogens is 334 g/mol. The number of amides is 2. The molecule has 5 nitrogen and oxygen atoms in total. The van der Waals surface area contributed by atoms with E-state index < -0.39 is 6.04 Å². The quantitative estimate of drug-likeness (QED) is 0.898. The standard InChI is InChI=1S/C19H25N3O2S/c1-12(2)19(24)22-10-6-5-8-15(22)17(23)21-18-14(11-20)13-7-3-4-9-16(13)25-18/h12,15H,3-10H2,1-2H3,(H,21,23)/t15-/m0/s1. The van der Waals surface area contributed by atoms with Gasteiger partial charge in [0, 0.05) is 17.3 Å². The fourth-order valence-electron chi connectivity index (χ4n) is 3.77. The number of fused-ring (bicyclic) bond motifs is 1. The summed E-state index contributed by atoms with van der Waals surface area (Å²) in [5.41, 5.74) is 1.75. The van der Waals surface area contributed by atoms with Crippen molar-refractivity contribution in [3.05, 3.63) is 16.0 Å². The highest BCUT2D eigenvalue weighted by Crippen LogP contribution is 2.38. The van der Waals surface area contributed by atoms with E-state index in [-0.39, 0.29) is 17.7 Å². The first kappa shape index (κ1) is 17.9. The largest absolute Gasteiger partial charge is 0.330 e. The first-order chi connectivity index (χ1) is 12.0. The van der Waals surface area contributed by atoms with Gasteiger partial charge in [-0.05, 0) is 50.5 Å². The van der Waals surface area contributed by atoms with Crippen LogP contribution in [0.5, 0.6) is 0 Å². The van der Waals surface area contributed by atoms with Crippen LogP contribution in [0.2, 0.25) is 0 Å². The SMILES string of the molecule is CC(C)C(=O)N1CCCC[C@H]1C(=O)Nc1sc2c(c1C#N)CCCC2. The Morgan fingerprint density at radius 3 is 2.72 bits per heavy atom. The van der Waals surface area contributed by atoms with E-state index in [1.165, 1.54) is 16.2 Å². The van der Waals surface area contributed by atoms with E-state index in [1.807, 2.05) is 13.8 Å². The Balaban J connectivity index is 1.80. The normalized spacial score (nSPS) is 20.1. The topological polar surface area (TPSA) is 73.2 Å². The summed E-state index contributed by atoms with van der Waals surface area (Å²) in [5.74, 6) is -0.230. The molecule has 2 heterocycles. The number of likely N-dealkylation sites (tertiary alicyclic amines) is 1. The number of aryl methyl sites for hydroxylation is 1. The molecule has 25 heavy (non-hydrogen) atoms. The molecule has 0 radical (unpaired) electrons. The summed E-state index contributed by atoms with van der Waals surface area (Å²) in [7, 11) is 0. The maximum absolute atomic E-state index is 12.9. The molecule has 1 saturated heterocycles. The van der Waals surface area contributed by atoms with Crippen molar-refractivity contribution < 1.29 is 9.59 Å². The second-order valence-corrected chi connectivity index (χ2v) is 8.32. The van der Waals surface area contributed by atoms with Crippen LogP contribution in [0, 0.1) is 17.2 Å². The van der Waals surface area contributed by atoms with Gasteiger partial charge in [0.2, 0.25) is 11.8 Å². The minimum Gasteiger partial charge on any atom is -0.330 e. The zero-order valence-electron chi connectivity index (χ0n) is 14.9. The smallest absolute Gasteiger partial charge is 0.247 e. The number of anilines is 1. The Kier molecular flexibility index (Phi) is 5.43. The zero-order valence-corrected chi connectivity index (χ0v) is 15.7. The van der Waals surface area contributed by atoms with Crippen LogP contribution in [0.3, 0.4) is 0 Å². The summed E-state index contributed by atoms with van der Waals surface area (Å²) in [6, 6.07) is 1.86. The van der Waals surface area contributed by atoms with E-state index >= 15 is 0 Å². The third-order valence-electron chi connectivity index (χ3n) is 5.10. The molecule has 0 bridgehead atoms. The molecule has 1 aromatic heterocycles. The molecule has 3 rings (SSSR count). The van der Waals surface area contributed by atoms with Gasteiger partial charge in [-0.25, -0.2) is 0 Å². The van der Waals surface area contributed by atoms with Gasteiger partial charge >= 0.3 is 0 Å². The Bertz CT molecular complexity index is 717. The van der Waals surface area contributed by atoms with Crippen molar-refractivity contribution in [3.63, 3.8) is 0 Å². The molecule has 0 unspecified atom stereocenters. The molecule has 0 saturated carbocycles. The van der Waals surface area contributed by atoms with Crippen molar-refractivity contribution in [1.29, 1.82) is 5.26 Å². The fraction of sp³-hybridized carbons (Fsp3) is 0.632. The van der Waals surface area contributed by atoms with Gasteiger partial charge in [-0.15, -0.1) is 11.3 Å². The van der Waals surface area contributed by atoms with Crippen molar-refractivity contribution in [2.24, 2.45) is 5.92 Å². The van der Waals surface area contributed by atoms with Crippen LogP contribution >= 0.6 is 11.3 Å². The molecule has 134 valence electrons. The highest BCUT2D eigenvalue weighted by molar-refractivity contribution is 7.16. The van der Waals surface area contributed by atoms with Crippen LogP contribution in [0.15, 0.2) is 0 Å². The lowest BCUT2D eigenvalue weighted by Crippen LogP contribution is -2.51. The first-order valence-corrected chi connectivity index (χ1v) is 10.0. The molecule has 0 spiro atoms. The number of piperidine rings is 1. The van der Waals surface area contributed by atoms with Gasteiger partial charge in [0.15, 0.2) is 0 Å². The predicted molar refractivity (Wildman–Crippen MR) is 98.5 cm³/mol. The maximum atomic E-state index is 12.9. The summed E-state index contributed by atoms with van der Waals surface area (Å²) in [5, 5.41) is 13.2. The number of hydrogen-bond donors (Lipinski definition) is 1. The average molecular weight is 359 g/mol. The number of rotatable bonds is 3. The summed E-state index contributed by atoms with van der Waals surface area (Å²) >= 11 is 1.54. The first-order valence-electron chi connectivity index (χ1n) is 9.19. The third-order valence-corrected chi connectivity index (χ3v) is 6.31. The van der Waals surface area contributed by atoms with E-state index in [4.69, 9.17) is 0 Å². The molecule has 0 aromatic carbocycles. The van der Waals surface area contributed by atoms with E-state index in [1.54, 1.807) is 4.90 Å². The highest BCUT2D eigenvalue weighted by Gasteiger charge is 2.34. The van der Waals surface area contributed by atoms with Gasteiger partial charge < -0.3 is 10.2 Å². The third kappa shape index (κ3) is 3.57. The van der Waals surface area contributed by atoms with E-state index in [9.17, 15) is 14.9 Å².